The van der Waals surface area contributed by atoms with Gasteiger partial charge in [-0.1, -0.05) is 25.1 Å². The standard InChI is InChI=1S/C15H18FNS/c1-4-17-14(12-7-5-6-8-13(12)16)15-10(2)9-11(3)18-15/h5-9,14,17H,4H2,1-3H3. The lowest BCUT2D eigenvalue weighted by molar-refractivity contribution is 0.562. The van der Waals surface area contributed by atoms with Crippen molar-refractivity contribution < 1.29 is 4.39 Å². The first-order chi connectivity index (χ1) is 8.63. The van der Waals surface area contributed by atoms with Gasteiger partial charge in [0.15, 0.2) is 0 Å². The van der Waals surface area contributed by atoms with Gasteiger partial charge in [0.25, 0.3) is 0 Å². The SMILES string of the molecule is CCNC(c1ccccc1F)c1sc(C)cc1C. The highest BCUT2D eigenvalue weighted by molar-refractivity contribution is 7.12. The van der Waals surface area contributed by atoms with E-state index in [4.69, 9.17) is 0 Å². The van der Waals surface area contributed by atoms with E-state index in [0.29, 0.717) is 0 Å². The van der Waals surface area contributed by atoms with Crippen molar-refractivity contribution in [3.05, 3.63) is 57.0 Å². The minimum Gasteiger partial charge on any atom is -0.306 e. The van der Waals surface area contributed by atoms with E-state index in [1.807, 2.05) is 19.1 Å². The second kappa shape index (κ2) is 5.63. The Morgan fingerprint density at radius 3 is 2.56 bits per heavy atom. The molecule has 0 fully saturated rings. The molecule has 1 aromatic heterocycles. The van der Waals surface area contributed by atoms with Crippen LogP contribution in [-0.2, 0) is 0 Å². The lowest BCUT2D eigenvalue weighted by Gasteiger charge is -2.18. The molecule has 96 valence electrons. The van der Waals surface area contributed by atoms with E-state index in [0.717, 1.165) is 12.1 Å². The highest BCUT2D eigenvalue weighted by Gasteiger charge is 2.20. The summed E-state index contributed by atoms with van der Waals surface area (Å²) in [6.07, 6.45) is 0. The van der Waals surface area contributed by atoms with Gasteiger partial charge in [0.2, 0.25) is 0 Å². The molecule has 0 aliphatic rings. The number of rotatable bonds is 4. The molecule has 1 aromatic carbocycles. The molecule has 0 spiro atoms. The van der Waals surface area contributed by atoms with E-state index in [9.17, 15) is 4.39 Å². The topological polar surface area (TPSA) is 12.0 Å². The van der Waals surface area contributed by atoms with Crippen molar-refractivity contribution in [3.63, 3.8) is 0 Å². The van der Waals surface area contributed by atoms with E-state index in [-0.39, 0.29) is 11.9 Å². The van der Waals surface area contributed by atoms with Gasteiger partial charge in [-0.15, -0.1) is 11.3 Å². The molecule has 2 rings (SSSR count). The average molecular weight is 263 g/mol. The van der Waals surface area contributed by atoms with Crippen LogP contribution < -0.4 is 5.32 Å². The summed E-state index contributed by atoms with van der Waals surface area (Å²) < 4.78 is 14.0. The van der Waals surface area contributed by atoms with Crippen LogP contribution in [0, 0.1) is 19.7 Å². The normalized spacial score (nSPS) is 12.7. The molecule has 1 heterocycles. The molecule has 0 saturated heterocycles. The quantitative estimate of drug-likeness (QED) is 0.871. The van der Waals surface area contributed by atoms with Crippen molar-refractivity contribution in [1.29, 1.82) is 0 Å². The summed E-state index contributed by atoms with van der Waals surface area (Å²) >= 11 is 1.74. The Balaban J connectivity index is 2.46. The fraction of sp³-hybridized carbons (Fsp3) is 0.333. The first-order valence-electron chi connectivity index (χ1n) is 6.18. The van der Waals surface area contributed by atoms with Gasteiger partial charge in [-0.25, -0.2) is 4.39 Å². The zero-order valence-electron chi connectivity index (χ0n) is 11.0. The monoisotopic (exact) mass is 263 g/mol. The minimum atomic E-state index is -0.145. The predicted octanol–water partition coefficient (Wildman–Crippen LogP) is 4.20. The second-order valence-corrected chi connectivity index (χ2v) is 5.70. The smallest absolute Gasteiger partial charge is 0.128 e. The van der Waals surface area contributed by atoms with Crippen LogP contribution in [0.5, 0.6) is 0 Å². The lowest BCUT2D eigenvalue weighted by atomic mass is 10.0. The Morgan fingerprint density at radius 2 is 2.00 bits per heavy atom. The van der Waals surface area contributed by atoms with Crippen LogP contribution in [0.3, 0.4) is 0 Å². The van der Waals surface area contributed by atoms with Crippen LogP contribution in [-0.4, -0.2) is 6.54 Å². The van der Waals surface area contributed by atoms with Gasteiger partial charge >= 0.3 is 0 Å². The van der Waals surface area contributed by atoms with Crippen molar-refractivity contribution in [3.8, 4) is 0 Å². The summed E-state index contributed by atoms with van der Waals surface area (Å²) in [4.78, 5) is 2.47. The van der Waals surface area contributed by atoms with Crippen LogP contribution in [0.25, 0.3) is 0 Å². The Morgan fingerprint density at radius 1 is 1.28 bits per heavy atom. The molecule has 1 nitrogen and oxygen atoms in total. The number of aryl methyl sites for hydroxylation is 2. The van der Waals surface area contributed by atoms with E-state index >= 15 is 0 Å². The number of hydrogen-bond donors (Lipinski definition) is 1. The molecular formula is C15H18FNS. The molecule has 0 amide bonds. The fourth-order valence-corrected chi connectivity index (χ4v) is 3.33. The second-order valence-electron chi connectivity index (χ2n) is 4.42. The number of benzene rings is 1. The van der Waals surface area contributed by atoms with Crippen molar-refractivity contribution >= 4 is 11.3 Å². The Hall–Kier alpha value is -1.19. The maximum atomic E-state index is 14.0. The number of hydrogen-bond acceptors (Lipinski definition) is 2. The third kappa shape index (κ3) is 2.62. The van der Waals surface area contributed by atoms with Crippen molar-refractivity contribution in [2.75, 3.05) is 6.54 Å². The lowest BCUT2D eigenvalue weighted by Crippen LogP contribution is -2.22. The number of thiophene rings is 1. The van der Waals surface area contributed by atoms with Crippen LogP contribution in [0.15, 0.2) is 30.3 Å². The number of halogens is 1. The highest BCUT2D eigenvalue weighted by Crippen LogP contribution is 2.32. The Labute approximate surface area is 112 Å². The number of nitrogens with one attached hydrogen (secondary N) is 1. The third-order valence-corrected chi connectivity index (χ3v) is 4.18. The molecule has 1 N–H and O–H groups in total. The zero-order valence-corrected chi connectivity index (χ0v) is 11.8. The third-order valence-electron chi connectivity index (χ3n) is 2.97. The largest absolute Gasteiger partial charge is 0.306 e. The molecule has 2 aromatic rings. The van der Waals surface area contributed by atoms with Gasteiger partial charge in [0.1, 0.15) is 5.82 Å². The van der Waals surface area contributed by atoms with Crippen LogP contribution in [0.2, 0.25) is 0 Å². The summed E-state index contributed by atoms with van der Waals surface area (Å²) in [5, 5.41) is 3.38. The maximum Gasteiger partial charge on any atom is 0.128 e. The molecule has 0 saturated carbocycles. The van der Waals surface area contributed by atoms with Crippen LogP contribution in [0.1, 0.15) is 33.8 Å². The summed E-state index contributed by atoms with van der Waals surface area (Å²) in [6.45, 7) is 7.04. The van der Waals surface area contributed by atoms with Crippen LogP contribution in [0.4, 0.5) is 4.39 Å². The fourth-order valence-electron chi connectivity index (χ4n) is 2.20. The maximum absolute atomic E-state index is 14.0. The molecule has 1 atom stereocenters. The summed E-state index contributed by atoms with van der Waals surface area (Å²) in [6, 6.07) is 9.11. The first-order valence-corrected chi connectivity index (χ1v) is 7.00. The molecule has 0 aliphatic carbocycles. The van der Waals surface area contributed by atoms with Gasteiger partial charge in [-0.05, 0) is 38.1 Å². The van der Waals surface area contributed by atoms with E-state index < -0.39 is 0 Å². The van der Waals surface area contributed by atoms with Gasteiger partial charge in [0.05, 0.1) is 6.04 Å². The van der Waals surface area contributed by atoms with Gasteiger partial charge in [-0.2, -0.15) is 0 Å². The van der Waals surface area contributed by atoms with Gasteiger partial charge < -0.3 is 5.32 Å². The molecule has 3 heteroatoms. The highest BCUT2D eigenvalue weighted by atomic mass is 32.1. The van der Waals surface area contributed by atoms with E-state index in [1.165, 1.54) is 21.4 Å². The predicted molar refractivity (Wildman–Crippen MR) is 75.7 cm³/mol. The van der Waals surface area contributed by atoms with Gasteiger partial charge in [0, 0.05) is 15.3 Å². The minimum absolute atomic E-state index is 0.0464. The van der Waals surface area contributed by atoms with Gasteiger partial charge in [-0.3, -0.25) is 0 Å². The average Bonchev–Trinajstić information content (AvgIpc) is 2.66. The molecule has 1 unspecified atom stereocenters. The summed E-state index contributed by atoms with van der Waals surface area (Å²) in [5.74, 6) is -0.145. The molecule has 18 heavy (non-hydrogen) atoms. The van der Waals surface area contributed by atoms with E-state index in [2.05, 4.69) is 25.2 Å². The molecule has 0 radical (unpaired) electrons. The summed E-state index contributed by atoms with van der Waals surface area (Å²) in [5.41, 5.74) is 1.95. The molecule has 0 bridgehead atoms. The molecular weight excluding hydrogens is 245 g/mol. The van der Waals surface area contributed by atoms with Crippen molar-refractivity contribution in [1.82, 2.24) is 5.32 Å². The zero-order chi connectivity index (χ0) is 13.1. The molecule has 0 aliphatic heterocycles. The van der Waals surface area contributed by atoms with Crippen LogP contribution >= 0.6 is 11.3 Å². The van der Waals surface area contributed by atoms with Crippen molar-refractivity contribution in [2.45, 2.75) is 26.8 Å². The van der Waals surface area contributed by atoms with Crippen molar-refractivity contribution in [2.24, 2.45) is 0 Å². The Kier molecular flexibility index (Phi) is 4.15. The summed E-state index contributed by atoms with van der Waals surface area (Å²) in [7, 11) is 0. The van der Waals surface area contributed by atoms with E-state index in [1.54, 1.807) is 17.4 Å². The first kappa shape index (κ1) is 13.2. The Bertz CT molecular complexity index is 533.